The average molecular weight is 255 g/mol. The van der Waals surface area contributed by atoms with Gasteiger partial charge in [0.05, 0.1) is 5.69 Å². The molecule has 3 rings (SSSR count). The normalized spacial score (nSPS) is 14.4. The monoisotopic (exact) mass is 255 g/mol. The molecule has 1 aromatic carbocycles. The van der Waals surface area contributed by atoms with Crippen LogP contribution in [-0.4, -0.2) is 16.5 Å². The minimum atomic E-state index is -0.0583. The molecule has 2 aromatic rings. The number of benzene rings is 1. The zero-order valence-corrected chi connectivity index (χ0v) is 10.9. The number of aromatic nitrogens is 1. The zero-order valence-electron chi connectivity index (χ0n) is 10.9. The Hall–Kier alpha value is -2.23. The molecule has 1 heterocycles. The Morgan fingerprint density at radius 2 is 1.95 bits per heavy atom. The molecular weight excluding hydrogens is 238 g/mol. The van der Waals surface area contributed by atoms with Crippen LogP contribution in [-0.2, 0) is 19.9 Å². The molecule has 1 aliphatic rings. The van der Waals surface area contributed by atoms with Crippen molar-refractivity contribution < 1.29 is 4.79 Å². The van der Waals surface area contributed by atoms with E-state index in [1.54, 1.807) is 16.8 Å². The number of aryl methyl sites for hydroxylation is 1. The topological polar surface area (TPSA) is 60.0 Å². The van der Waals surface area contributed by atoms with Crippen LogP contribution in [0, 0.1) is 0 Å². The predicted octanol–water partition coefficient (Wildman–Crippen LogP) is 1.50. The van der Waals surface area contributed by atoms with Crippen molar-refractivity contribution in [3.63, 3.8) is 0 Å². The van der Waals surface area contributed by atoms with Gasteiger partial charge in [-0.2, -0.15) is 0 Å². The Morgan fingerprint density at radius 3 is 2.47 bits per heavy atom. The summed E-state index contributed by atoms with van der Waals surface area (Å²) in [4.78, 5) is 12.2. The Morgan fingerprint density at radius 1 is 1.32 bits per heavy atom. The van der Waals surface area contributed by atoms with Gasteiger partial charge in [-0.1, -0.05) is 24.3 Å². The van der Waals surface area contributed by atoms with Gasteiger partial charge in [-0.15, -0.1) is 0 Å². The van der Waals surface area contributed by atoms with E-state index in [0.29, 0.717) is 11.4 Å². The highest BCUT2D eigenvalue weighted by atomic mass is 16.2. The van der Waals surface area contributed by atoms with Gasteiger partial charge in [0, 0.05) is 19.3 Å². The number of anilines is 1. The standard InChI is InChI=1S/C15H17N3O/c1-18-9-12(16)8-14(18)15(19)17-13-6-10-4-2-3-5-11(10)7-13/h2-5,8-9,13H,6-7,16H2,1H3,(H,17,19). The predicted molar refractivity (Wildman–Crippen MR) is 74.9 cm³/mol. The molecule has 0 unspecified atom stereocenters. The Balaban J connectivity index is 1.71. The van der Waals surface area contributed by atoms with Crippen molar-refractivity contribution in [3.05, 3.63) is 53.3 Å². The van der Waals surface area contributed by atoms with Crippen LogP contribution in [0.5, 0.6) is 0 Å². The number of amides is 1. The number of hydrogen-bond donors (Lipinski definition) is 2. The lowest BCUT2D eigenvalue weighted by molar-refractivity contribution is 0.0930. The maximum Gasteiger partial charge on any atom is 0.268 e. The van der Waals surface area contributed by atoms with Crippen LogP contribution >= 0.6 is 0 Å². The second kappa shape index (κ2) is 4.46. The number of fused-ring (bicyclic) bond motifs is 1. The van der Waals surface area contributed by atoms with E-state index in [-0.39, 0.29) is 11.9 Å². The largest absolute Gasteiger partial charge is 0.397 e. The number of nitrogen functional groups attached to an aromatic ring is 1. The molecule has 1 aliphatic carbocycles. The van der Waals surface area contributed by atoms with Crippen LogP contribution in [0.15, 0.2) is 36.5 Å². The molecule has 0 fully saturated rings. The van der Waals surface area contributed by atoms with E-state index < -0.39 is 0 Å². The minimum absolute atomic E-state index is 0.0583. The van der Waals surface area contributed by atoms with Crippen LogP contribution in [0.4, 0.5) is 5.69 Å². The molecule has 0 aliphatic heterocycles. The molecule has 0 saturated carbocycles. The fourth-order valence-electron chi connectivity index (χ4n) is 2.74. The summed E-state index contributed by atoms with van der Waals surface area (Å²) in [6.45, 7) is 0. The van der Waals surface area contributed by atoms with Crippen LogP contribution < -0.4 is 11.1 Å². The van der Waals surface area contributed by atoms with E-state index >= 15 is 0 Å². The summed E-state index contributed by atoms with van der Waals surface area (Å²) in [5.41, 5.74) is 9.58. The molecule has 98 valence electrons. The van der Waals surface area contributed by atoms with E-state index in [0.717, 1.165) is 12.8 Å². The molecular formula is C15H17N3O. The Labute approximate surface area is 112 Å². The fraction of sp³-hybridized carbons (Fsp3) is 0.267. The van der Waals surface area contributed by atoms with Gasteiger partial charge in [-0.05, 0) is 30.0 Å². The molecule has 3 N–H and O–H groups in total. The van der Waals surface area contributed by atoms with Gasteiger partial charge in [0.1, 0.15) is 5.69 Å². The molecule has 0 radical (unpaired) electrons. The highest BCUT2D eigenvalue weighted by molar-refractivity contribution is 5.94. The molecule has 1 aromatic heterocycles. The van der Waals surface area contributed by atoms with E-state index in [2.05, 4.69) is 17.4 Å². The fourth-order valence-corrected chi connectivity index (χ4v) is 2.74. The molecule has 1 amide bonds. The summed E-state index contributed by atoms with van der Waals surface area (Å²) in [7, 11) is 1.83. The average Bonchev–Trinajstić information content (AvgIpc) is 2.91. The Bertz CT molecular complexity index is 605. The minimum Gasteiger partial charge on any atom is -0.397 e. The van der Waals surface area contributed by atoms with E-state index in [1.165, 1.54) is 11.1 Å². The summed E-state index contributed by atoms with van der Waals surface area (Å²) in [6, 6.07) is 10.2. The Kier molecular flexibility index (Phi) is 2.78. The van der Waals surface area contributed by atoms with Crippen molar-refractivity contribution in [2.45, 2.75) is 18.9 Å². The van der Waals surface area contributed by atoms with Gasteiger partial charge in [-0.25, -0.2) is 0 Å². The van der Waals surface area contributed by atoms with Gasteiger partial charge in [0.25, 0.3) is 5.91 Å². The van der Waals surface area contributed by atoms with Crippen molar-refractivity contribution in [1.82, 2.24) is 9.88 Å². The molecule has 0 atom stereocenters. The number of nitrogens with zero attached hydrogens (tertiary/aromatic N) is 1. The smallest absolute Gasteiger partial charge is 0.268 e. The maximum absolute atomic E-state index is 12.2. The third-order valence-corrected chi connectivity index (χ3v) is 3.64. The number of nitrogens with one attached hydrogen (secondary N) is 1. The van der Waals surface area contributed by atoms with E-state index in [4.69, 9.17) is 5.73 Å². The number of carbonyl (C=O) groups excluding carboxylic acids is 1. The number of hydrogen-bond acceptors (Lipinski definition) is 2. The summed E-state index contributed by atoms with van der Waals surface area (Å²) >= 11 is 0. The third kappa shape index (κ3) is 2.21. The molecule has 19 heavy (non-hydrogen) atoms. The molecule has 0 bridgehead atoms. The summed E-state index contributed by atoms with van der Waals surface area (Å²) in [5, 5.41) is 3.08. The van der Waals surface area contributed by atoms with E-state index in [9.17, 15) is 4.79 Å². The van der Waals surface area contributed by atoms with Crippen molar-refractivity contribution in [2.24, 2.45) is 7.05 Å². The van der Waals surface area contributed by atoms with Gasteiger partial charge < -0.3 is 15.6 Å². The van der Waals surface area contributed by atoms with Crippen molar-refractivity contribution in [2.75, 3.05) is 5.73 Å². The van der Waals surface area contributed by atoms with Crippen molar-refractivity contribution in [3.8, 4) is 0 Å². The first-order valence-electron chi connectivity index (χ1n) is 6.43. The first-order chi connectivity index (χ1) is 9.13. The maximum atomic E-state index is 12.2. The highest BCUT2D eigenvalue weighted by Gasteiger charge is 2.23. The first-order valence-corrected chi connectivity index (χ1v) is 6.43. The lowest BCUT2D eigenvalue weighted by Crippen LogP contribution is -2.36. The lowest BCUT2D eigenvalue weighted by Gasteiger charge is -2.12. The summed E-state index contributed by atoms with van der Waals surface area (Å²) in [6.07, 6.45) is 3.56. The molecule has 0 spiro atoms. The van der Waals surface area contributed by atoms with Crippen LogP contribution in [0.2, 0.25) is 0 Å². The van der Waals surface area contributed by atoms with Crippen molar-refractivity contribution >= 4 is 11.6 Å². The molecule has 4 heteroatoms. The van der Waals surface area contributed by atoms with Gasteiger partial charge >= 0.3 is 0 Å². The van der Waals surface area contributed by atoms with E-state index in [1.807, 2.05) is 19.2 Å². The number of rotatable bonds is 2. The summed E-state index contributed by atoms with van der Waals surface area (Å²) in [5.74, 6) is -0.0583. The third-order valence-electron chi connectivity index (χ3n) is 3.64. The first kappa shape index (κ1) is 11.8. The second-order valence-electron chi connectivity index (χ2n) is 5.12. The van der Waals surface area contributed by atoms with Crippen LogP contribution in [0.3, 0.4) is 0 Å². The van der Waals surface area contributed by atoms with Gasteiger partial charge in [-0.3, -0.25) is 4.79 Å². The second-order valence-corrected chi connectivity index (χ2v) is 5.12. The summed E-state index contributed by atoms with van der Waals surface area (Å²) < 4.78 is 1.76. The molecule has 0 saturated heterocycles. The lowest BCUT2D eigenvalue weighted by atomic mass is 10.1. The highest BCUT2D eigenvalue weighted by Crippen LogP contribution is 2.22. The number of nitrogens with two attached hydrogens (primary N) is 1. The van der Waals surface area contributed by atoms with Gasteiger partial charge in [0.2, 0.25) is 0 Å². The number of carbonyl (C=O) groups is 1. The zero-order chi connectivity index (χ0) is 13.4. The van der Waals surface area contributed by atoms with Gasteiger partial charge in [0.15, 0.2) is 0 Å². The van der Waals surface area contributed by atoms with Crippen molar-refractivity contribution in [1.29, 1.82) is 0 Å². The quantitative estimate of drug-likeness (QED) is 0.854. The SMILES string of the molecule is Cn1cc(N)cc1C(=O)NC1Cc2ccccc2C1. The van der Waals surface area contributed by atoms with Crippen LogP contribution in [0.25, 0.3) is 0 Å². The van der Waals surface area contributed by atoms with Crippen LogP contribution in [0.1, 0.15) is 21.6 Å². The molecule has 4 nitrogen and oxygen atoms in total.